The molecule has 5 aromatic rings. The number of imidazole rings is 1. The van der Waals surface area contributed by atoms with Crippen molar-refractivity contribution in [1.82, 2.24) is 40.0 Å². The van der Waals surface area contributed by atoms with E-state index in [-0.39, 0.29) is 55.3 Å². The number of hydrogen-bond donors (Lipinski definition) is 2. The van der Waals surface area contributed by atoms with Crippen LogP contribution < -0.4 is 10.6 Å². The average molecular weight is 769 g/mol. The van der Waals surface area contributed by atoms with Crippen molar-refractivity contribution in [2.75, 3.05) is 13.1 Å². The fourth-order valence-corrected chi connectivity index (χ4v) is 7.81. The minimum atomic E-state index is -0.712. The molecule has 0 saturated carbocycles. The van der Waals surface area contributed by atoms with Crippen molar-refractivity contribution >= 4 is 51.9 Å². The first-order valence-electron chi connectivity index (χ1n) is 18.5. The predicted octanol–water partition coefficient (Wildman–Crippen LogP) is 4.67. The molecule has 1 unspecified atom stereocenters. The number of nitrogens with zero attached hydrogens (tertiary/aromatic N) is 6. The summed E-state index contributed by atoms with van der Waals surface area (Å²) in [5, 5.41) is 7.45. The third kappa shape index (κ3) is 6.88. The van der Waals surface area contributed by atoms with E-state index in [1.165, 1.54) is 4.90 Å². The van der Waals surface area contributed by atoms with Crippen molar-refractivity contribution in [3.63, 3.8) is 0 Å². The van der Waals surface area contributed by atoms with Crippen molar-refractivity contribution in [1.29, 1.82) is 0 Å². The number of hydrogen-bond acceptors (Lipinski definition) is 8. The number of benzene rings is 2. The lowest BCUT2D eigenvalue weighted by Gasteiger charge is -2.29. The van der Waals surface area contributed by atoms with Crippen molar-refractivity contribution in [3.8, 4) is 34.4 Å². The van der Waals surface area contributed by atoms with E-state index in [0.29, 0.717) is 46.9 Å². The molecule has 2 N–H and O–H groups in total. The summed E-state index contributed by atoms with van der Waals surface area (Å²) in [6.45, 7) is 6.09. The van der Waals surface area contributed by atoms with Crippen LogP contribution in [0.1, 0.15) is 76.6 Å². The zero-order valence-electron chi connectivity index (χ0n) is 30.8. The van der Waals surface area contributed by atoms with Crippen molar-refractivity contribution in [2.24, 2.45) is 0 Å². The highest BCUT2D eigenvalue weighted by molar-refractivity contribution is 6.32. The first-order chi connectivity index (χ1) is 27.1. The highest BCUT2D eigenvalue weighted by Gasteiger charge is 2.39. The normalized spacial score (nSPS) is 16.3. The molecule has 0 aliphatic carbocycles. The van der Waals surface area contributed by atoms with E-state index in [2.05, 4.69) is 38.9 Å². The Morgan fingerprint density at radius 2 is 1.88 bits per heavy atom. The third-order valence-corrected chi connectivity index (χ3v) is 10.8. The highest BCUT2D eigenvalue weighted by atomic mass is 35.5. The summed E-state index contributed by atoms with van der Waals surface area (Å²) >= 11 is 6.49. The highest BCUT2D eigenvalue weighted by Crippen LogP contribution is 2.35. The van der Waals surface area contributed by atoms with Gasteiger partial charge in [-0.05, 0) is 47.7 Å². The van der Waals surface area contributed by atoms with Gasteiger partial charge in [0.2, 0.25) is 17.7 Å². The number of imide groups is 1. The summed E-state index contributed by atoms with van der Waals surface area (Å²) in [6, 6.07) is 14.1. The van der Waals surface area contributed by atoms with Crippen molar-refractivity contribution < 1.29 is 24.0 Å². The molecule has 1 atom stereocenters. The smallest absolute Gasteiger partial charge is 0.269 e. The molecule has 2 aromatic carbocycles. The number of pyridine rings is 2. The number of halogens is 1. The molecule has 3 aromatic heterocycles. The molecule has 3 aliphatic rings. The van der Waals surface area contributed by atoms with E-state index >= 15 is 0 Å². The number of fused-ring (bicyclic) bond motifs is 3. The molecule has 282 valence electrons. The van der Waals surface area contributed by atoms with Gasteiger partial charge in [-0.1, -0.05) is 48.6 Å². The van der Waals surface area contributed by atoms with Gasteiger partial charge in [-0.25, -0.2) is 4.98 Å². The molecule has 6 heterocycles. The lowest BCUT2D eigenvalue weighted by molar-refractivity contribution is -0.137. The number of carbonyl (C=O) groups excluding carboxylic acids is 5. The summed E-state index contributed by atoms with van der Waals surface area (Å²) in [5.74, 6) is 5.59. The first kappa shape index (κ1) is 36.6. The van der Waals surface area contributed by atoms with Gasteiger partial charge in [0.15, 0.2) is 0 Å². The quantitative estimate of drug-likeness (QED) is 0.137. The lowest BCUT2D eigenvalue weighted by atomic mass is 10.0. The molecule has 0 bridgehead atoms. The second-order valence-electron chi connectivity index (χ2n) is 14.0. The predicted molar refractivity (Wildman–Crippen MR) is 208 cm³/mol. The molecule has 1 saturated heterocycles. The number of nitrogens with one attached hydrogen (secondary N) is 2. The Bertz CT molecular complexity index is 2540. The van der Waals surface area contributed by atoms with E-state index < -0.39 is 11.9 Å². The maximum absolute atomic E-state index is 13.2. The fourth-order valence-electron chi connectivity index (χ4n) is 7.58. The van der Waals surface area contributed by atoms with E-state index in [1.54, 1.807) is 31.3 Å². The molecule has 14 heteroatoms. The van der Waals surface area contributed by atoms with Gasteiger partial charge in [0.05, 0.1) is 28.6 Å². The summed E-state index contributed by atoms with van der Waals surface area (Å²) in [7, 11) is 0. The van der Waals surface area contributed by atoms with Crippen molar-refractivity contribution in [2.45, 2.75) is 65.2 Å². The topological polar surface area (TPSA) is 159 Å². The van der Waals surface area contributed by atoms with Crippen LogP contribution in [-0.4, -0.2) is 78.0 Å². The molecule has 56 heavy (non-hydrogen) atoms. The summed E-state index contributed by atoms with van der Waals surface area (Å²) < 4.78 is 2.24. The molecule has 0 spiro atoms. The Hall–Kier alpha value is -6.39. The SMILES string of the molecule is CCc1nc(-c2cccc3cc(-c4ccc(C(=O)NCCC#Cc5cc6c(cc5Cl)CN(C5CCC(=O)NC5=O)C6=O)nc4)ncc23)c2n1CCN(C(C)=O)C2. The zero-order chi connectivity index (χ0) is 39.1. The largest absolute Gasteiger partial charge is 0.350 e. The number of amides is 5. The number of aryl methyl sites for hydroxylation is 1. The third-order valence-electron chi connectivity index (χ3n) is 10.5. The van der Waals surface area contributed by atoms with Crippen LogP contribution in [0, 0.1) is 11.8 Å². The minimum Gasteiger partial charge on any atom is -0.350 e. The van der Waals surface area contributed by atoms with Crippen LogP contribution in [0.25, 0.3) is 33.3 Å². The van der Waals surface area contributed by atoms with E-state index in [1.807, 2.05) is 41.4 Å². The van der Waals surface area contributed by atoms with Crippen LogP contribution >= 0.6 is 11.6 Å². The maximum atomic E-state index is 13.2. The van der Waals surface area contributed by atoms with E-state index in [4.69, 9.17) is 21.6 Å². The Balaban J connectivity index is 0.902. The first-order valence-corrected chi connectivity index (χ1v) is 18.9. The van der Waals surface area contributed by atoms with E-state index in [0.717, 1.165) is 52.1 Å². The molecular weight excluding hydrogens is 732 g/mol. The Morgan fingerprint density at radius 1 is 1.02 bits per heavy atom. The van der Waals surface area contributed by atoms with Gasteiger partial charge in [-0.2, -0.15) is 0 Å². The zero-order valence-corrected chi connectivity index (χ0v) is 31.6. The second kappa shape index (κ2) is 15.0. The summed E-state index contributed by atoms with van der Waals surface area (Å²) in [4.78, 5) is 79.7. The van der Waals surface area contributed by atoms with Crippen LogP contribution in [0.4, 0.5) is 0 Å². The monoisotopic (exact) mass is 768 g/mol. The van der Waals surface area contributed by atoms with Crippen LogP contribution in [0.15, 0.2) is 60.9 Å². The number of piperidine rings is 1. The Labute approximate surface area is 327 Å². The molecular formula is C42H37ClN8O5. The summed E-state index contributed by atoms with van der Waals surface area (Å²) in [5.41, 5.74) is 6.19. The molecule has 13 nitrogen and oxygen atoms in total. The maximum Gasteiger partial charge on any atom is 0.269 e. The summed E-state index contributed by atoms with van der Waals surface area (Å²) in [6.07, 6.45) is 5.04. The van der Waals surface area contributed by atoms with Gasteiger partial charge in [-0.15, -0.1) is 0 Å². The molecule has 8 rings (SSSR count). The Morgan fingerprint density at radius 3 is 2.64 bits per heavy atom. The van der Waals surface area contributed by atoms with Gasteiger partial charge in [0.25, 0.3) is 11.8 Å². The number of aromatic nitrogens is 4. The average Bonchev–Trinajstić information content (AvgIpc) is 3.73. The van der Waals surface area contributed by atoms with Crippen LogP contribution in [0.5, 0.6) is 0 Å². The standard InChI is InChI=1S/C42H37ClN8O5/c1-3-37-47-39(36-23-49(24(2)52)15-16-50(36)37)29-9-6-8-25-19-34(46-21-31(25)29)27-10-11-33(45-20-27)40(54)44-14-5-4-7-26-17-30-28(18-32(26)43)22-51(42(30)56)35-12-13-38(53)48-41(35)55/h6,8-11,17-21,35H,3,5,12-16,22-23H2,1-2H3,(H,44,54)(H,48,53,55). The van der Waals surface area contributed by atoms with Crippen LogP contribution in [0.2, 0.25) is 5.02 Å². The van der Waals surface area contributed by atoms with Gasteiger partial charge in [0, 0.05) is 92.4 Å². The van der Waals surface area contributed by atoms with Gasteiger partial charge in [-0.3, -0.25) is 39.3 Å². The molecule has 3 aliphatic heterocycles. The van der Waals surface area contributed by atoms with Crippen LogP contribution in [-0.2, 0) is 40.4 Å². The van der Waals surface area contributed by atoms with Gasteiger partial charge < -0.3 is 19.7 Å². The fraction of sp³-hybridized carbons (Fsp3) is 0.286. The molecule has 1 fully saturated rings. The lowest BCUT2D eigenvalue weighted by Crippen LogP contribution is -2.52. The second-order valence-corrected chi connectivity index (χ2v) is 14.4. The van der Waals surface area contributed by atoms with E-state index in [9.17, 15) is 24.0 Å². The van der Waals surface area contributed by atoms with Crippen LogP contribution in [0.3, 0.4) is 0 Å². The molecule has 0 radical (unpaired) electrons. The molecule has 5 amide bonds. The number of carbonyl (C=O) groups is 5. The Kier molecular flexibility index (Phi) is 9.82. The minimum absolute atomic E-state index is 0.0506. The number of rotatable bonds is 7. The van der Waals surface area contributed by atoms with Crippen molar-refractivity contribution in [3.05, 3.63) is 99.8 Å². The van der Waals surface area contributed by atoms with Gasteiger partial charge in [0.1, 0.15) is 17.6 Å². The van der Waals surface area contributed by atoms with Gasteiger partial charge >= 0.3 is 0 Å².